The minimum atomic E-state index is -3.81. The molecule has 1 aliphatic heterocycles. The van der Waals surface area contributed by atoms with Crippen LogP contribution in [0.1, 0.15) is 33.3 Å². The quantitative estimate of drug-likeness (QED) is 0.711. The SMILES string of the molecule is CN1/C(=N\C(=O)OC(C)(C)C)N[C@](C)(c2cc(N)cc(F)c2)CS1(=O)=O. The fraction of sp³-hybridized carbons (Fsp3) is 0.500. The van der Waals surface area contributed by atoms with Crippen molar-refractivity contribution >= 4 is 27.8 Å². The zero-order chi connectivity index (χ0) is 19.9. The average Bonchev–Trinajstić information content (AvgIpc) is 2.40. The number of carbonyl (C=O) groups is 1. The lowest BCUT2D eigenvalue weighted by molar-refractivity contribution is 0.0602. The van der Waals surface area contributed by atoms with Crippen LogP contribution in [0.15, 0.2) is 23.2 Å². The Morgan fingerprint density at radius 1 is 1.38 bits per heavy atom. The standard InChI is InChI=1S/C16H23FN4O4S/c1-15(2,3)25-14(22)19-13-20-16(4,9-26(23,24)21(13)5)10-6-11(17)8-12(18)7-10/h6-8H,9,18H2,1-5H3,(H,19,20,22)/t16-/m0/s1. The molecule has 1 fully saturated rings. The number of amides is 1. The van der Waals surface area contributed by atoms with Gasteiger partial charge in [0.15, 0.2) is 0 Å². The summed E-state index contributed by atoms with van der Waals surface area (Å²) in [6.07, 6.45) is -0.940. The Hall–Kier alpha value is -2.36. The Balaban J connectivity index is 2.47. The molecule has 0 aliphatic carbocycles. The van der Waals surface area contributed by atoms with Crippen LogP contribution in [-0.4, -0.2) is 43.2 Å². The molecule has 0 radical (unpaired) electrons. The number of anilines is 1. The number of benzene rings is 1. The van der Waals surface area contributed by atoms with E-state index >= 15 is 0 Å². The van der Waals surface area contributed by atoms with Crippen molar-refractivity contribution in [1.29, 1.82) is 0 Å². The first-order valence-corrected chi connectivity index (χ1v) is 9.46. The van der Waals surface area contributed by atoms with Crippen LogP contribution in [-0.2, 0) is 20.3 Å². The molecule has 0 spiro atoms. The number of halogens is 1. The predicted octanol–water partition coefficient (Wildman–Crippen LogP) is 1.78. The summed E-state index contributed by atoms with van der Waals surface area (Å²) in [5.41, 5.74) is 4.13. The van der Waals surface area contributed by atoms with Crippen LogP contribution in [0.25, 0.3) is 0 Å². The van der Waals surface area contributed by atoms with Gasteiger partial charge in [0.05, 0.1) is 11.3 Å². The van der Waals surface area contributed by atoms with Crippen molar-refractivity contribution in [2.24, 2.45) is 4.99 Å². The molecule has 0 aromatic heterocycles. The predicted molar refractivity (Wildman–Crippen MR) is 96.5 cm³/mol. The monoisotopic (exact) mass is 386 g/mol. The molecule has 26 heavy (non-hydrogen) atoms. The van der Waals surface area contributed by atoms with Gasteiger partial charge in [-0.15, -0.1) is 4.99 Å². The van der Waals surface area contributed by atoms with Gasteiger partial charge in [-0.05, 0) is 51.5 Å². The fourth-order valence-electron chi connectivity index (χ4n) is 2.51. The lowest BCUT2D eigenvalue weighted by Gasteiger charge is -2.40. The number of hydrogen-bond donors (Lipinski definition) is 2. The minimum Gasteiger partial charge on any atom is -0.442 e. The summed E-state index contributed by atoms with van der Waals surface area (Å²) in [6.45, 7) is 6.56. The summed E-state index contributed by atoms with van der Waals surface area (Å²) in [6, 6.07) is 3.79. The van der Waals surface area contributed by atoms with E-state index in [9.17, 15) is 17.6 Å². The molecule has 2 rings (SSSR count). The van der Waals surface area contributed by atoms with Crippen LogP contribution >= 0.6 is 0 Å². The van der Waals surface area contributed by atoms with E-state index in [1.54, 1.807) is 27.7 Å². The molecule has 1 heterocycles. The molecule has 1 amide bonds. The lowest BCUT2D eigenvalue weighted by atomic mass is 9.93. The van der Waals surface area contributed by atoms with Crippen LogP contribution in [0.2, 0.25) is 0 Å². The highest BCUT2D eigenvalue weighted by Crippen LogP contribution is 2.30. The minimum absolute atomic E-state index is 0.157. The van der Waals surface area contributed by atoms with E-state index in [2.05, 4.69) is 10.3 Å². The van der Waals surface area contributed by atoms with Crippen LogP contribution in [0.3, 0.4) is 0 Å². The molecule has 3 N–H and O–H groups in total. The van der Waals surface area contributed by atoms with Crippen LogP contribution in [0, 0.1) is 5.82 Å². The maximum atomic E-state index is 13.7. The van der Waals surface area contributed by atoms with E-state index in [1.165, 1.54) is 19.2 Å². The van der Waals surface area contributed by atoms with Gasteiger partial charge in [-0.3, -0.25) is 0 Å². The van der Waals surface area contributed by atoms with Crippen molar-refractivity contribution in [2.45, 2.75) is 38.8 Å². The molecule has 1 aromatic rings. The number of rotatable bonds is 1. The van der Waals surface area contributed by atoms with Gasteiger partial charge >= 0.3 is 6.09 Å². The number of ether oxygens (including phenoxy) is 1. The number of nitrogens with one attached hydrogen (secondary N) is 1. The maximum absolute atomic E-state index is 13.7. The highest BCUT2D eigenvalue weighted by molar-refractivity contribution is 7.89. The van der Waals surface area contributed by atoms with Gasteiger partial charge in [0.25, 0.3) is 0 Å². The van der Waals surface area contributed by atoms with E-state index in [4.69, 9.17) is 10.5 Å². The summed E-state index contributed by atoms with van der Waals surface area (Å²) in [4.78, 5) is 15.7. The van der Waals surface area contributed by atoms with E-state index in [0.29, 0.717) is 5.56 Å². The van der Waals surface area contributed by atoms with Crippen molar-refractivity contribution in [2.75, 3.05) is 18.5 Å². The van der Waals surface area contributed by atoms with E-state index in [0.717, 1.165) is 10.4 Å². The topological polar surface area (TPSA) is 114 Å². The van der Waals surface area contributed by atoms with Crippen molar-refractivity contribution in [3.63, 3.8) is 0 Å². The Labute approximate surface area is 152 Å². The number of guanidine groups is 1. The van der Waals surface area contributed by atoms with Gasteiger partial charge in [0.2, 0.25) is 16.0 Å². The van der Waals surface area contributed by atoms with E-state index < -0.39 is 33.1 Å². The van der Waals surface area contributed by atoms with Crippen molar-refractivity contribution in [1.82, 2.24) is 9.62 Å². The normalized spacial score (nSPS) is 24.2. The zero-order valence-corrected chi connectivity index (χ0v) is 16.1. The van der Waals surface area contributed by atoms with E-state index in [1.807, 2.05) is 0 Å². The van der Waals surface area contributed by atoms with Crippen molar-refractivity contribution in [3.8, 4) is 0 Å². The number of hydrogen-bond acceptors (Lipinski definition) is 5. The maximum Gasteiger partial charge on any atom is 0.437 e. The molecule has 10 heteroatoms. The third kappa shape index (κ3) is 4.43. The van der Waals surface area contributed by atoms with Gasteiger partial charge in [0, 0.05) is 12.7 Å². The van der Waals surface area contributed by atoms with Gasteiger partial charge in [-0.2, -0.15) is 0 Å². The highest BCUT2D eigenvalue weighted by atomic mass is 32.2. The second-order valence-electron chi connectivity index (χ2n) is 7.37. The lowest BCUT2D eigenvalue weighted by Crippen LogP contribution is -2.61. The number of nitrogen functional groups attached to an aromatic ring is 1. The summed E-state index contributed by atoms with van der Waals surface area (Å²) >= 11 is 0. The average molecular weight is 386 g/mol. The fourth-order valence-corrected chi connectivity index (χ4v) is 4.02. The molecule has 144 valence electrons. The van der Waals surface area contributed by atoms with Crippen molar-refractivity contribution in [3.05, 3.63) is 29.6 Å². The van der Waals surface area contributed by atoms with Crippen LogP contribution in [0.4, 0.5) is 14.9 Å². The zero-order valence-electron chi connectivity index (χ0n) is 15.3. The molecular formula is C16H23FN4O4S. The Kier molecular flexibility index (Phi) is 4.93. The molecule has 0 unspecified atom stereocenters. The largest absolute Gasteiger partial charge is 0.442 e. The molecular weight excluding hydrogens is 363 g/mol. The Morgan fingerprint density at radius 3 is 2.54 bits per heavy atom. The third-order valence-electron chi connectivity index (χ3n) is 3.72. The number of carbonyl (C=O) groups excluding carboxylic acids is 1. The van der Waals surface area contributed by atoms with Gasteiger partial charge in [0.1, 0.15) is 11.4 Å². The van der Waals surface area contributed by atoms with Crippen LogP contribution in [0.5, 0.6) is 0 Å². The number of nitrogens with two attached hydrogens (primary N) is 1. The summed E-state index contributed by atoms with van der Waals surface area (Å²) in [7, 11) is -2.54. The molecule has 1 saturated heterocycles. The van der Waals surface area contributed by atoms with Crippen molar-refractivity contribution < 1.29 is 22.3 Å². The first-order chi connectivity index (χ1) is 11.7. The van der Waals surface area contributed by atoms with Gasteiger partial charge < -0.3 is 15.8 Å². The van der Waals surface area contributed by atoms with Crippen LogP contribution < -0.4 is 11.1 Å². The molecule has 1 aliphatic rings. The second-order valence-corrected chi connectivity index (χ2v) is 9.37. The number of sulfonamides is 1. The Bertz CT molecular complexity index is 843. The highest BCUT2D eigenvalue weighted by Gasteiger charge is 2.43. The first kappa shape index (κ1) is 20.0. The van der Waals surface area contributed by atoms with E-state index in [-0.39, 0.29) is 17.4 Å². The number of aliphatic imine (C=N–C) groups is 1. The molecule has 0 bridgehead atoms. The molecule has 1 atom stereocenters. The third-order valence-corrected chi connectivity index (χ3v) is 5.67. The summed E-state index contributed by atoms with van der Waals surface area (Å²) in [5, 5.41) is 2.90. The molecule has 8 nitrogen and oxygen atoms in total. The summed E-state index contributed by atoms with van der Waals surface area (Å²) < 4.78 is 44.8. The molecule has 0 saturated carbocycles. The van der Waals surface area contributed by atoms with Gasteiger partial charge in [-0.1, -0.05) is 0 Å². The summed E-state index contributed by atoms with van der Waals surface area (Å²) in [5.74, 6) is -1.17. The number of nitrogens with zero attached hydrogens (tertiary/aromatic N) is 2. The van der Waals surface area contributed by atoms with Gasteiger partial charge in [-0.25, -0.2) is 21.9 Å². The molecule has 1 aromatic carbocycles. The smallest absolute Gasteiger partial charge is 0.437 e. The first-order valence-electron chi connectivity index (χ1n) is 7.85. The Morgan fingerprint density at radius 2 is 2.00 bits per heavy atom. The second kappa shape index (κ2) is 6.42.